The van der Waals surface area contributed by atoms with Gasteiger partial charge in [-0.2, -0.15) is 5.26 Å². The number of anilines is 2. The summed E-state index contributed by atoms with van der Waals surface area (Å²) in [4.78, 5) is 0. The Labute approximate surface area is 125 Å². The molecule has 0 amide bonds. The van der Waals surface area contributed by atoms with E-state index in [1.165, 1.54) is 6.07 Å². The molecule has 2 aromatic rings. The van der Waals surface area contributed by atoms with Gasteiger partial charge in [0.1, 0.15) is 11.8 Å². The lowest BCUT2D eigenvalue weighted by Crippen LogP contribution is -2.00. The Morgan fingerprint density at radius 2 is 2.00 bits per heavy atom. The number of nitriles is 1. The lowest BCUT2D eigenvalue weighted by atomic mass is 10.2. The van der Waals surface area contributed by atoms with Crippen molar-refractivity contribution in [1.82, 2.24) is 0 Å². The smallest absolute Gasteiger partial charge is 0.162 e. The van der Waals surface area contributed by atoms with Crippen LogP contribution in [0.5, 0.6) is 5.75 Å². The van der Waals surface area contributed by atoms with E-state index in [9.17, 15) is 4.39 Å². The molecule has 102 valence electrons. The first-order chi connectivity index (χ1) is 9.67. The summed E-state index contributed by atoms with van der Waals surface area (Å²) in [5, 5.41) is 11.8. The van der Waals surface area contributed by atoms with E-state index in [4.69, 9.17) is 10.00 Å². The SMILES string of the molecule is CCOc1ccccc1Nc1ccc(C#N)c(Br)c1F. The van der Waals surface area contributed by atoms with Crippen molar-refractivity contribution in [2.75, 3.05) is 11.9 Å². The monoisotopic (exact) mass is 334 g/mol. The van der Waals surface area contributed by atoms with Crippen molar-refractivity contribution in [3.63, 3.8) is 0 Å². The molecule has 0 aliphatic carbocycles. The summed E-state index contributed by atoms with van der Waals surface area (Å²) in [6, 6.07) is 12.3. The van der Waals surface area contributed by atoms with Gasteiger partial charge < -0.3 is 10.1 Å². The molecular weight excluding hydrogens is 323 g/mol. The van der Waals surface area contributed by atoms with Crippen molar-refractivity contribution in [1.29, 1.82) is 5.26 Å². The number of nitrogens with zero attached hydrogens (tertiary/aromatic N) is 1. The van der Waals surface area contributed by atoms with Crippen LogP contribution in [0, 0.1) is 17.1 Å². The summed E-state index contributed by atoms with van der Waals surface area (Å²) < 4.78 is 19.8. The van der Waals surface area contributed by atoms with Gasteiger partial charge in [0.05, 0.1) is 28.0 Å². The highest BCUT2D eigenvalue weighted by Crippen LogP contribution is 2.32. The maximum absolute atomic E-state index is 14.2. The third-order valence-corrected chi connectivity index (χ3v) is 3.43. The van der Waals surface area contributed by atoms with E-state index in [0.29, 0.717) is 18.0 Å². The van der Waals surface area contributed by atoms with Gasteiger partial charge in [-0.05, 0) is 47.1 Å². The van der Waals surface area contributed by atoms with Gasteiger partial charge in [-0.15, -0.1) is 0 Å². The van der Waals surface area contributed by atoms with E-state index in [1.54, 1.807) is 12.1 Å². The highest BCUT2D eigenvalue weighted by molar-refractivity contribution is 9.10. The minimum Gasteiger partial charge on any atom is -0.492 e. The van der Waals surface area contributed by atoms with Crippen molar-refractivity contribution >= 4 is 27.3 Å². The number of hydrogen-bond acceptors (Lipinski definition) is 3. The predicted octanol–water partition coefficient (Wildman–Crippen LogP) is 4.60. The minimum atomic E-state index is -0.504. The molecular formula is C15H12BrFN2O. The quantitative estimate of drug-likeness (QED) is 0.888. The first-order valence-corrected chi connectivity index (χ1v) is 6.83. The molecule has 0 aliphatic rings. The topological polar surface area (TPSA) is 45.0 Å². The Morgan fingerprint density at radius 3 is 2.70 bits per heavy atom. The molecule has 0 unspecified atom stereocenters. The van der Waals surface area contributed by atoms with Crippen molar-refractivity contribution in [2.24, 2.45) is 0 Å². The predicted molar refractivity (Wildman–Crippen MR) is 79.7 cm³/mol. The van der Waals surface area contributed by atoms with Crippen LogP contribution in [-0.2, 0) is 0 Å². The Hall–Kier alpha value is -2.06. The van der Waals surface area contributed by atoms with Gasteiger partial charge in [0, 0.05) is 0 Å². The minimum absolute atomic E-state index is 0.152. The summed E-state index contributed by atoms with van der Waals surface area (Å²) in [5.74, 6) is 0.144. The van der Waals surface area contributed by atoms with Crippen molar-refractivity contribution in [3.05, 3.63) is 52.3 Å². The molecule has 0 bridgehead atoms. The van der Waals surface area contributed by atoms with Crippen LogP contribution >= 0.6 is 15.9 Å². The Bertz CT molecular complexity index is 667. The largest absolute Gasteiger partial charge is 0.492 e. The number of para-hydroxylation sites is 2. The zero-order valence-corrected chi connectivity index (χ0v) is 12.4. The summed E-state index contributed by atoms with van der Waals surface area (Å²) in [5.41, 5.74) is 1.21. The fourth-order valence-corrected chi connectivity index (χ4v) is 2.16. The molecule has 0 aromatic heterocycles. The summed E-state index contributed by atoms with van der Waals surface area (Å²) in [6.07, 6.45) is 0. The van der Waals surface area contributed by atoms with E-state index in [-0.39, 0.29) is 15.7 Å². The Balaban J connectivity index is 2.36. The first-order valence-electron chi connectivity index (χ1n) is 6.04. The van der Waals surface area contributed by atoms with Gasteiger partial charge in [0.25, 0.3) is 0 Å². The summed E-state index contributed by atoms with van der Waals surface area (Å²) in [6.45, 7) is 2.41. The number of nitrogens with one attached hydrogen (secondary N) is 1. The third-order valence-electron chi connectivity index (χ3n) is 2.66. The van der Waals surface area contributed by atoms with E-state index in [1.807, 2.05) is 31.2 Å². The highest BCUT2D eigenvalue weighted by Gasteiger charge is 2.12. The molecule has 0 spiro atoms. The van der Waals surface area contributed by atoms with E-state index in [2.05, 4.69) is 21.2 Å². The van der Waals surface area contributed by atoms with Crippen molar-refractivity contribution in [2.45, 2.75) is 6.92 Å². The molecule has 0 saturated carbocycles. The van der Waals surface area contributed by atoms with Crippen LogP contribution < -0.4 is 10.1 Å². The first kappa shape index (κ1) is 14.4. The van der Waals surface area contributed by atoms with Crippen molar-refractivity contribution in [3.8, 4) is 11.8 Å². The maximum atomic E-state index is 14.2. The molecule has 1 N–H and O–H groups in total. The molecule has 2 rings (SSSR count). The van der Waals surface area contributed by atoms with Gasteiger partial charge in [0.2, 0.25) is 0 Å². The second kappa shape index (κ2) is 6.40. The Kier molecular flexibility index (Phi) is 4.59. The van der Waals surface area contributed by atoms with E-state index in [0.717, 1.165) is 0 Å². The summed E-state index contributed by atoms with van der Waals surface area (Å²) >= 11 is 3.09. The van der Waals surface area contributed by atoms with Gasteiger partial charge in [-0.25, -0.2) is 4.39 Å². The van der Waals surface area contributed by atoms with Crippen LogP contribution in [0.15, 0.2) is 40.9 Å². The second-order valence-electron chi connectivity index (χ2n) is 3.95. The highest BCUT2D eigenvalue weighted by atomic mass is 79.9. The zero-order chi connectivity index (χ0) is 14.5. The van der Waals surface area contributed by atoms with Crippen LogP contribution in [0.2, 0.25) is 0 Å². The molecule has 0 radical (unpaired) electrons. The molecule has 0 saturated heterocycles. The van der Waals surface area contributed by atoms with Gasteiger partial charge in [-0.3, -0.25) is 0 Å². The third kappa shape index (κ3) is 2.91. The van der Waals surface area contributed by atoms with E-state index < -0.39 is 5.82 Å². The molecule has 0 heterocycles. The van der Waals surface area contributed by atoms with Crippen molar-refractivity contribution < 1.29 is 9.13 Å². The van der Waals surface area contributed by atoms with Crippen LogP contribution in [0.1, 0.15) is 12.5 Å². The lowest BCUT2D eigenvalue weighted by Gasteiger charge is -2.13. The van der Waals surface area contributed by atoms with Crippen LogP contribution in [0.3, 0.4) is 0 Å². The van der Waals surface area contributed by atoms with E-state index >= 15 is 0 Å². The van der Waals surface area contributed by atoms with Crippen LogP contribution in [0.25, 0.3) is 0 Å². The summed E-state index contributed by atoms with van der Waals surface area (Å²) in [7, 11) is 0. The Morgan fingerprint density at radius 1 is 1.25 bits per heavy atom. The molecule has 5 heteroatoms. The van der Waals surface area contributed by atoms with Gasteiger partial charge >= 0.3 is 0 Å². The number of halogens is 2. The molecule has 20 heavy (non-hydrogen) atoms. The fraction of sp³-hybridized carbons (Fsp3) is 0.133. The number of benzene rings is 2. The van der Waals surface area contributed by atoms with Gasteiger partial charge in [-0.1, -0.05) is 12.1 Å². The number of ether oxygens (including phenoxy) is 1. The second-order valence-corrected chi connectivity index (χ2v) is 4.75. The van der Waals surface area contributed by atoms with Crippen LogP contribution in [0.4, 0.5) is 15.8 Å². The standard InChI is InChI=1S/C15H12BrFN2O/c1-2-20-13-6-4-3-5-11(13)19-12-8-7-10(9-18)14(16)15(12)17/h3-8,19H,2H2,1H3. The average Bonchev–Trinajstić information content (AvgIpc) is 2.46. The molecule has 3 nitrogen and oxygen atoms in total. The molecule has 0 aliphatic heterocycles. The lowest BCUT2D eigenvalue weighted by molar-refractivity contribution is 0.342. The average molecular weight is 335 g/mol. The molecule has 0 fully saturated rings. The van der Waals surface area contributed by atoms with Crippen LogP contribution in [-0.4, -0.2) is 6.61 Å². The fourth-order valence-electron chi connectivity index (χ4n) is 1.73. The zero-order valence-electron chi connectivity index (χ0n) is 10.8. The maximum Gasteiger partial charge on any atom is 0.162 e. The normalized spacial score (nSPS) is 9.90. The molecule has 0 atom stereocenters. The molecule has 2 aromatic carbocycles. The number of hydrogen-bond donors (Lipinski definition) is 1. The number of rotatable bonds is 4. The van der Waals surface area contributed by atoms with Gasteiger partial charge in [0.15, 0.2) is 5.82 Å².